The number of nitro benzene ring substituents is 1. The van der Waals surface area contributed by atoms with Crippen molar-refractivity contribution in [2.24, 2.45) is 0 Å². The molecule has 1 aromatic carbocycles. The van der Waals surface area contributed by atoms with Gasteiger partial charge in [0.05, 0.1) is 10.7 Å². The summed E-state index contributed by atoms with van der Waals surface area (Å²) in [5.41, 5.74) is 0.381. The summed E-state index contributed by atoms with van der Waals surface area (Å²) in [7, 11) is 1.44. The van der Waals surface area contributed by atoms with E-state index in [1.165, 1.54) is 18.2 Å². The largest absolute Gasteiger partial charge is 0.270 e. The van der Waals surface area contributed by atoms with E-state index in [9.17, 15) is 18.5 Å². The molecule has 0 spiro atoms. The van der Waals surface area contributed by atoms with Gasteiger partial charge in [-0.3, -0.25) is 10.1 Å². The zero-order chi connectivity index (χ0) is 11.6. The first kappa shape index (κ1) is 12.7. The molecule has 0 fully saturated rings. The van der Waals surface area contributed by atoms with Gasteiger partial charge in [0.15, 0.2) is 0 Å². The summed E-state index contributed by atoms with van der Waals surface area (Å²) in [6.07, 6.45) is 0. The van der Waals surface area contributed by atoms with Crippen LogP contribution in [0, 0.1) is 13.7 Å². The van der Waals surface area contributed by atoms with Crippen molar-refractivity contribution in [2.45, 2.75) is 5.75 Å². The molecule has 82 valence electrons. The Morgan fingerprint density at radius 3 is 2.47 bits per heavy atom. The first-order valence-electron chi connectivity index (χ1n) is 3.65. The smallest absolute Gasteiger partial charge is 0.258 e. The molecule has 0 aromatic heterocycles. The first-order valence-corrected chi connectivity index (χ1v) is 7.20. The number of nitro groups is 1. The highest BCUT2D eigenvalue weighted by Gasteiger charge is 2.13. The van der Waals surface area contributed by atoms with Gasteiger partial charge in [0.25, 0.3) is 5.69 Å². The number of rotatable bonds is 3. The summed E-state index contributed by atoms with van der Waals surface area (Å²) in [6, 6.07) is 3.94. The number of non-ortho nitro benzene ring substituents is 1. The Balaban J connectivity index is 3.09. The lowest BCUT2D eigenvalue weighted by atomic mass is 10.2. The molecule has 0 saturated carbocycles. The molecular formula is C7H5ClINO4S. The summed E-state index contributed by atoms with van der Waals surface area (Å²) >= 11 is 1.83. The number of halogens is 2. The predicted octanol–water partition coefficient (Wildman–Crippen LogP) is 2.27. The topological polar surface area (TPSA) is 77.3 Å². The molecule has 0 saturated heterocycles. The third-order valence-corrected chi connectivity index (χ3v) is 3.56. The van der Waals surface area contributed by atoms with E-state index in [1.54, 1.807) is 0 Å². The Kier molecular flexibility index (Phi) is 3.90. The van der Waals surface area contributed by atoms with Crippen LogP contribution in [0.2, 0.25) is 0 Å². The Hall–Kier alpha value is -0.410. The maximum atomic E-state index is 10.8. The quantitative estimate of drug-likeness (QED) is 0.358. The van der Waals surface area contributed by atoms with Gasteiger partial charge in [0.2, 0.25) is 9.05 Å². The van der Waals surface area contributed by atoms with Gasteiger partial charge in [0.1, 0.15) is 0 Å². The maximum absolute atomic E-state index is 10.8. The van der Waals surface area contributed by atoms with E-state index in [1.807, 2.05) is 22.6 Å². The fraction of sp³-hybridized carbons (Fsp3) is 0.143. The van der Waals surface area contributed by atoms with Crippen molar-refractivity contribution in [2.75, 3.05) is 0 Å². The average molecular weight is 362 g/mol. The molecule has 5 nitrogen and oxygen atoms in total. The second-order valence-corrected chi connectivity index (χ2v) is 6.66. The minimum atomic E-state index is -3.64. The lowest BCUT2D eigenvalue weighted by Crippen LogP contribution is -1.98. The van der Waals surface area contributed by atoms with Gasteiger partial charge in [-0.2, -0.15) is 0 Å². The lowest BCUT2D eigenvalue weighted by molar-refractivity contribution is -0.385. The zero-order valence-corrected chi connectivity index (χ0v) is 10.9. The number of benzene rings is 1. The van der Waals surface area contributed by atoms with E-state index < -0.39 is 14.0 Å². The van der Waals surface area contributed by atoms with Crippen LogP contribution in [0.4, 0.5) is 5.69 Å². The highest BCUT2D eigenvalue weighted by Crippen LogP contribution is 2.22. The fourth-order valence-corrected chi connectivity index (χ4v) is 2.88. The molecule has 0 atom stereocenters. The molecule has 0 radical (unpaired) electrons. The second-order valence-electron chi connectivity index (χ2n) is 2.72. The summed E-state index contributed by atoms with van der Waals surface area (Å²) in [6.45, 7) is 0. The van der Waals surface area contributed by atoms with Gasteiger partial charge >= 0.3 is 0 Å². The van der Waals surface area contributed by atoms with Crippen LogP contribution >= 0.6 is 33.3 Å². The number of hydrogen-bond donors (Lipinski definition) is 0. The standard InChI is InChI=1S/C7H5ClINO4S/c8-15(13,14)4-5-1-2-6(10(11)12)3-7(5)9/h1-3H,4H2. The molecule has 0 aliphatic rings. The molecule has 1 rings (SSSR count). The average Bonchev–Trinajstić information content (AvgIpc) is 2.05. The van der Waals surface area contributed by atoms with Crippen molar-refractivity contribution < 1.29 is 13.3 Å². The van der Waals surface area contributed by atoms with E-state index in [-0.39, 0.29) is 11.4 Å². The van der Waals surface area contributed by atoms with Gasteiger partial charge in [-0.15, -0.1) is 0 Å². The monoisotopic (exact) mass is 361 g/mol. The van der Waals surface area contributed by atoms with Crippen molar-refractivity contribution >= 4 is 48.0 Å². The highest BCUT2D eigenvalue weighted by molar-refractivity contribution is 14.1. The third kappa shape index (κ3) is 3.92. The van der Waals surface area contributed by atoms with E-state index in [0.717, 1.165) is 0 Å². The molecule has 15 heavy (non-hydrogen) atoms. The van der Waals surface area contributed by atoms with Crippen LogP contribution in [-0.2, 0) is 14.8 Å². The summed E-state index contributed by atoms with van der Waals surface area (Å²) in [4.78, 5) is 9.87. The van der Waals surface area contributed by atoms with Crippen molar-refractivity contribution in [3.63, 3.8) is 0 Å². The van der Waals surface area contributed by atoms with Crippen molar-refractivity contribution in [3.8, 4) is 0 Å². The highest BCUT2D eigenvalue weighted by atomic mass is 127. The Bertz CT molecular complexity index is 502. The van der Waals surface area contributed by atoms with E-state index in [4.69, 9.17) is 10.7 Å². The van der Waals surface area contributed by atoms with E-state index in [2.05, 4.69) is 0 Å². The van der Waals surface area contributed by atoms with Crippen molar-refractivity contribution in [3.05, 3.63) is 37.4 Å². The molecule has 1 aromatic rings. The Labute approximate surface area is 104 Å². The Morgan fingerprint density at radius 2 is 2.07 bits per heavy atom. The molecule has 0 bridgehead atoms. The molecule has 8 heteroatoms. The number of hydrogen-bond acceptors (Lipinski definition) is 4. The molecular weight excluding hydrogens is 357 g/mol. The predicted molar refractivity (Wildman–Crippen MR) is 64.3 cm³/mol. The van der Waals surface area contributed by atoms with E-state index in [0.29, 0.717) is 9.13 Å². The second kappa shape index (κ2) is 4.62. The normalized spacial score (nSPS) is 11.3. The maximum Gasteiger partial charge on any atom is 0.270 e. The van der Waals surface area contributed by atoms with Crippen LogP contribution in [0.1, 0.15) is 5.56 Å². The molecule has 0 aliphatic heterocycles. The van der Waals surface area contributed by atoms with Crippen LogP contribution < -0.4 is 0 Å². The minimum Gasteiger partial charge on any atom is -0.258 e. The van der Waals surface area contributed by atoms with Gasteiger partial charge < -0.3 is 0 Å². The lowest BCUT2D eigenvalue weighted by Gasteiger charge is -2.01. The molecule has 0 heterocycles. The minimum absolute atomic E-state index is 0.0740. The van der Waals surface area contributed by atoms with Gasteiger partial charge in [-0.1, -0.05) is 6.07 Å². The van der Waals surface area contributed by atoms with Crippen LogP contribution in [-0.4, -0.2) is 13.3 Å². The van der Waals surface area contributed by atoms with Gasteiger partial charge in [-0.05, 0) is 28.2 Å². The van der Waals surface area contributed by atoms with Crippen molar-refractivity contribution in [1.82, 2.24) is 0 Å². The van der Waals surface area contributed by atoms with Crippen LogP contribution in [0.3, 0.4) is 0 Å². The van der Waals surface area contributed by atoms with E-state index >= 15 is 0 Å². The summed E-state index contributed by atoms with van der Waals surface area (Å²) in [5.74, 6) is -0.329. The van der Waals surface area contributed by atoms with Crippen molar-refractivity contribution in [1.29, 1.82) is 0 Å². The first-order chi connectivity index (χ1) is 6.79. The van der Waals surface area contributed by atoms with Gasteiger partial charge in [0, 0.05) is 26.4 Å². The van der Waals surface area contributed by atoms with Crippen LogP contribution in [0.15, 0.2) is 18.2 Å². The molecule has 0 aliphatic carbocycles. The van der Waals surface area contributed by atoms with Crippen LogP contribution in [0.25, 0.3) is 0 Å². The Morgan fingerprint density at radius 1 is 1.47 bits per heavy atom. The number of nitrogens with zero attached hydrogens (tertiary/aromatic N) is 1. The SMILES string of the molecule is O=[N+]([O-])c1ccc(CS(=O)(=O)Cl)c(I)c1. The molecule has 0 amide bonds. The third-order valence-electron chi connectivity index (χ3n) is 1.58. The molecule has 0 N–H and O–H groups in total. The summed E-state index contributed by atoms with van der Waals surface area (Å²) in [5, 5.41) is 10.4. The van der Waals surface area contributed by atoms with Crippen LogP contribution in [0.5, 0.6) is 0 Å². The fourth-order valence-electron chi connectivity index (χ4n) is 0.953. The molecule has 0 unspecified atom stereocenters. The summed E-state index contributed by atoms with van der Waals surface area (Å²) < 4.78 is 22.1. The van der Waals surface area contributed by atoms with Gasteiger partial charge in [-0.25, -0.2) is 8.42 Å². The zero-order valence-electron chi connectivity index (χ0n) is 7.18.